The Kier molecular flexibility index (Phi) is 4.41. The van der Waals surface area contributed by atoms with Gasteiger partial charge in [-0.1, -0.05) is 24.3 Å². The van der Waals surface area contributed by atoms with Gasteiger partial charge in [-0.25, -0.2) is 0 Å². The summed E-state index contributed by atoms with van der Waals surface area (Å²) in [6.45, 7) is 0. The van der Waals surface area contributed by atoms with Crippen LogP contribution in [-0.2, 0) is 6.42 Å². The van der Waals surface area contributed by atoms with E-state index in [4.69, 9.17) is 0 Å². The lowest BCUT2D eigenvalue weighted by Crippen LogP contribution is -2.17. The second-order valence-electron chi connectivity index (χ2n) is 5.01. The number of hydrogen-bond donors (Lipinski definition) is 1. The Hall–Kier alpha value is -2.29. The average molecular weight is 268 g/mol. The van der Waals surface area contributed by atoms with E-state index in [-0.39, 0.29) is 5.91 Å². The molecule has 0 saturated heterocycles. The summed E-state index contributed by atoms with van der Waals surface area (Å²) in [4.78, 5) is 13.6. The molecule has 0 radical (unpaired) electrons. The van der Waals surface area contributed by atoms with Crippen molar-refractivity contribution in [1.29, 1.82) is 0 Å². The smallest absolute Gasteiger partial charge is 0.251 e. The number of anilines is 1. The topological polar surface area (TPSA) is 32.3 Å². The normalized spacial score (nSPS) is 10.2. The fraction of sp³-hybridized carbons (Fsp3) is 0.235. The van der Waals surface area contributed by atoms with E-state index in [0.29, 0.717) is 5.56 Å². The monoisotopic (exact) mass is 268 g/mol. The van der Waals surface area contributed by atoms with E-state index < -0.39 is 0 Å². The van der Waals surface area contributed by atoms with Crippen molar-refractivity contribution in [1.82, 2.24) is 5.32 Å². The van der Waals surface area contributed by atoms with Gasteiger partial charge in [0.2, 0.25) is 0 Å². The molecule has 0 fully saturated rings. The lowest BCUT2D eigenvalue weighted by Gasteiger charge is -2.12. The summed E-state index contributed by atoms with van der Waals surface area (Å²) in [7, 11) is 5.71. The molecule has 0 aliphatic rings. The van der Waals surface area contributed by atoms with Crippen molar-refractivity contribution in [3.63, 3.8) is 0 Å². The first kappa shape index (κ1) is 14.1. The molecule has 0 spiro atoms. The molecule has 0 heterocycles. The van der Waals surface area contributed by atoms with Crippen LogP contribution in [0.1, 0.15) is 21.5 Å². The van der Waals surface area contributed by atoms with Crippen LogP contribution in [0, 0.1) is 0 Å². The van der Waals surface area contributed by atoms with Crippen molar-refractivity contribution in [2.75, 3.05) is 26.0 Å². The Morgan fingerprint density at radius 3 is 1.90 bits per heavy atom. The highest BCUT2D eigenvalue weighted by Gasteiger charge is 2.03. The standard InChI is InChI=1S/C17H20N2O/c1-18-17(20)15-8-4-13(5-9-15)12-14-6-10-16(11-7-14)19(2)3/h4-11H,12H2,1-3H3,(H,18,20). The number of nitrogens with zero attached hydrogens (tertiary/aromatic N) is 1. The van der Waals surface area contributed by atoms with Gasteiger partial charge in [-0.3, -0.25) is 4.79 Å². The zero-order valence-electron chi connectivity index (χ0n) is 12.2. The predicted octanol–water partition coefficient (Wildman–Crippen LogP) is 2.70. The third-order valence-corrected chi connectivity index (χ3v) is 3.30. The minimum absolute atomic E-state index is 0.0492. The SMILES string of the molecule is CNC(=O)c1ccc(Cc2ccc(N(C)C)cc2)cc1. The molecule has 2 rings (SSSR count). The van der Waals surface area contributed by atoms with E-state index in [9.17, 15) is 4.79 Å². The van der Waals surface area contributed by atoms with Crippen LogP contribution < -0.4 is 10.2 Å². The third kappa shape index (κ3) is 3.38. The van der Waals surface area contributed by atoms with Gasteiger partial charge in [0.15, 0.2) is 0 Å². The fourth-order valence-electron chi connectivity index (χ4n) is 2.07. The third-order valence-electron chi connectivity index (χ3n) is 3.30. The number of benzene rings is 2. The second kappa shape index (κ2) is 6.24. The molecule has 1 amide bonds. The van der Waals surface area contributed by atoms with Crippen LogP contribution in [0.3, 0.4) is 0 Å². The molecule has 0 atom stereocenters. The maximum absolute atomic E-state index is 11.5. The molecule has 0 unspecified atom stereocenters. The van der Waals surface area contributed by atoms with Gasteiger partial charge in [-0.05, 0) is 41.8 Å². The number of carbonyl (C=O) groups is 1. The minimum Gasteiger partial charge on any atom is -0.378 e. The quantitative estimate of drug-likeness (QED) is 0.924. The van der Waals surface area contributed by atoms with Gasteiger partial charge in [0.25, 0.3) is 5.91 Å². The Morgan fingerprint density at radius 2 is 1.45 bits per heavy atom. The highest BCUT2D eigenvalue weighted by molar-refractivity contribution is 5.93. The first-order chi connectivity index (χ1) is 9.60. The summed E-state index contributed by atoms with van der Waals surface area (Å²) in [5.74, 6) is -0.0492. The summed E-state index contributed by atoms with van der Waals surface area (Å²) in [6, 6.07) is 16.3. The first-order valence-electron chi connectivity index (χ1n) is 6.67. The number of amides is 1. The van der Waals surface area contributed by atoms with E-state index >= 15 is 0 Å². The van der Waals surface area contributed by atoms with Crippen LogP contribution in [0.15, 0.2) is 48.5 Å². The van der Waals surface area contributed by atoms with Gasteiger partial charge in [0.1, 0.15) is 0 Å². The van der Waals surface area contributed by atoms with Gasteiger partial charge in [0.05, 0.1) is 0 Å². The molecule has 0 saturated carbocycles. The molecule has 0 aromatic heterocycles. The van der Waals surface area contributed by atoms with Crippen molar-refractivity contribution < 1.29 is 4.79 Å². The molecule has 20 heavy (non-hydrogen) atoms. The van der Waals surface area contributed by atoms with Crippen LogP contribution in [0.25, 0.3) is 0 Å². The first-order valence-corrected chi connectivity index (χ1v) is 6.67. The Balaban J connectivity index is 2.08. The van der Waals surface area contributed by atoms with Gasteiger partial charge < -0.3 is 10.2 Å². The zero-order chi connectivity index (χ0) is 14.5. The summed E-state index contributed by atoms with van der Waals surface area (Å²) >= 11 is 0. The molecule has 3 heteroatoms. The van der Waals surface area contributed by atoms with E-state index in [2.05, 4.69) is 34.5 Å². The average Bonchev–Trinajstić information content (AvgIpc) is 2.48. The predicted molar refractivity (Wildman–Crippen MR) is 83.4 cm³/mol. The summed E-state index contributed by atoms with van der Waals surface area (Å²) in [5, 5.41) is 2.62. The molecular formula is C17H20N2O. The van der Waals surface area contributed by atoms with Crippen LogP contribution in [0.4, 0.5) is 5.69 Å². The molecule has 2 aromatic rings. The van der Waals surface area contributed by atoms with Gasteiger partial charge in [-0.15, -0.1) is 0 Å². The van der Waals surface area contributed by atoms with Gasteiger partial charge in [-0.2, -0.15) is 0 Å². The molecular weight excluding hydrogens is 248 g/mol. The van der Waals surface area contributed by atoms with Crippen molar-refractivity contribution in [2.45, 2.75) is 6.42 Å². The minimum atomic E-state index is -0.0492. The summed E-state index contributed by atoms with van der Waals surface area (Å²) in [5.41, 5.74) is 4.36. The molecule has 3 nitrogen and oxygen atoms in total. The summed E-state index contributed by atoms with van der Waals surface area (Å²) < 4.78 is 0. The molecule has 0 aliphatic carbocycles. The fourth-order valence-corrected chi connectivity index (χ4v) is 2.07. The van der Waals surface area contributed by atoms with Gasteiger partial charge in [0, 0.05) is 32.4 Å². The zero-order valence-corrected chi connectivity index (χ0v) is 12.2. The van der Waals surface area contributed by atoms with Gasteiger partial charge >= 0.3 is 0 Å². The van der Waals surface area contributed by atoms with Crippen molar-refractivity contribution >= 4 is 11.6 Å². The lowest BCUT2D eigenvalue weighted by atomic mass is 10.0. The summed E-state index contributed by atoms with van der Waals surface area (Å²) in [6.07, 6.45) is 0.877. The molecule has 2 aromatic carbocycles. The van der Waals surface area contributed by atoms with Crippen LogP contribution in [0.2, 0.25) is 0 Å². The maximum Gasteiger partial charge on any atom is 0.251 e. The van der Waals surface area contributed by atoms with Crippen LogP contribution >= 0.6 is 0 Å². The number of nitrogens with one attached hydrogen (secondary N) is 1. The van der Waals surface area contributed by atoms with Crippen molar-refractivity contribution in [3.8, 4) is 0 Å². The Labute approximate surface area is 120 Å². The number of carbonyl (C=O) groups excluding carboxylic acids is 1. The number of rotatable bonds is 4. The Bertz CT molecular complexity index is 571. The number of hydrogen-bond acceptors (Lipinski definition) is 2. The van der Waals surface area contributed by atoms with E-state index in [0.717, 1.165) is 6.42 Å². The largest absolute Gasteiger partial charge is 0.378 e. The molecule has 104 valence electrons. The second-order valence-corrected chi connectivity index (χ2v) is 5.01. The molecule has 0 bridgehead atoms. The highest BCUT2D eigenvalue weighted by atomic mass is 16.1. The highest BCUT2D eigenvalue weighted by Crippen LogP contribution is 2.15. The van der Waals surface area contributed by atoms with E-state index in [1.54, 1.807) is 7.05 Å². The maximum atomic E-state index is 11.5. The lowest BCUT2D eigenvalue weighted by molar-refractivity contribution is 0.0963. The van der Waals surface area contributed by atoms with Crippen molar-refractivity contribution in [2.24, 2.45) is 0 Å². The van der Waals surface area contributed by atoms with Crippen LogP contribution in [0.5, 0.6) is 0 Å². The van der Waals surface area contributed by atoms with E-state index in [1.165, 1.54) is 16.8 Å². The molecule has 0 aliphatic heterocycles. The van der Waals surface area contributed by atoms with Crippen LogP contribution in [-0.4, -0.2) is 27.1 Å². The molecule has 1 N–H and O–H groups in total. The van der Waals surface area contributed by atoms with Crippen molar-refractivity contribution in [3.05, 3.63) is 65.2 Å². The Morgan fingerprint density at radius 1 is 0.950 bits per heavy atom. The van der Waals surface area contributed by atoms with E-state index in [1.807, 2.05) is 38.4 Å².